The molecule has 0 heterocycles. The van der Waals surface area contributed by atoms with Crippen LogP contribution >= 0.6 is 0 Å². The van der Waals surface area contributed by atoms with Gasteiger partial charge in [-0.1, -0.05) is 19.9 Å². The van der Waals surface area contributed by atoms with Crippen LogP contribution in [0.1, 0.15) is 20.3 Å². The normalized spacial score (nSPS) is 12.5. The molecule has 6 heteroatoms. The Hall–Kier alpha value is -0.880. The van der Waals surface area contributed by atoms with E-state index in [0.717, 1.165) is 0 Å². The van der Waals surface area contributed by atoms with E-state index >= 15 is 0 Å². The Kier molecular flexibility index (Phi) is 7.82. The summed E-state index contributed by atoms with van der Waals surface area (Å²) in [7, 11) is -1.58. The SMILES string of the molecule is CCC(=CCNCCS(=O)(=O)CC)C(=O)OC. The minimum Gasteiger partial charge on any atom is -0.466 e. The zero-order valence-corrected chi connectivity index (χ0v) is 11.5. The molecule has 0 fully saturated rings. The van der Waals surface area contributed by atoms with Crippen molar-refractivity contribution in [3.05, 3.63) is 11.6 Å². The average molecular weight is 263 g/mol. The highest BCUT2D eigenvalue weighted by Crippen LogP contribution is 2.01. The van der Waals surface area contributed by atoms with Gasteiger partial charge in [0, 0.05) is 24.4 Å². The zero-order chi connectivity index (χ0) is 13.3. The van der Waals surface area contributed by atoms with Crippen molar-refractivity contribution >= 4 is 15.8 Å². The topological polar surface area (TPSA) is 72.5 Å². The van der Waals surface area contributed by atoms with Crippen molar-refractivity contribution in [2.24, 2.45) is 0 Å². The van der Waals surface area contributed by atoms with Crippen LogP contribution in [0.3, 0.4) is 0 Å². The molecule has 0 spiro atoms. The first-order chi connectivity index (χ1) is 7.96. The fourth-order valence-electron chi connectivity index (χ4n) is 1.17. The van der Waals surface area contributed by atoms with Crippen molar-refractivity contribution in [3.63, 3.8) is 0 Å². The van der Waals surface area contributed by atoms with E-state index in [4.69, 9.17) is 0 Å². The van der Waals surface area contributed by atoms with E-state index < -0.39 is 9.84 Å². The minimum atomic E-state index is -2.92. The molecule has 0 atom stereocenters. The molecule has 0 saturated heterocycles. The molecule has 0 saturated carbocycles. The molecule has 0 radical (unpaired) electrons. The summed E-state index contributed by atoms with van der Waals surface area (Å²) < 4.78 is 27.0. The van der Waals surface area contributed by atoms with E-state index in [-0.39, 0.29) is 17.5 Å². The first-order valence-electron chi connectivity index (χ1n) is 5.65. The maximum absolute atomic E-state index is 11.2. The lowest BCUT2D eigenvalue weighted by Crippen LogP contribution is -2.24. The Labute approximate surface area is 103 Å². The third-order valence-corrected chi connectivity index (χ3v) is 4.06. The number of methoxy groups -OCH3 is 1. The molecule has 0 aliphatic heterocycles. The fraction of sp³-hybridized carbons (Fsp3) is 0.727. The van der Waals surface area contributed by atoms with Crippen molar-refractivity contribution in [3.8, 4) is 0 Å². The molecule has 0 aromatic carbocycles. The second-order valence-corrected chi connectivity index (χ2v) is 5.99. The van der Waals surface area contributed by atoms with Gasteiger partial charge in [0.05, 0.1) is 12.9 Å². The summed E-state index contributed by atoms with van der Waals surface area (Å²) in [5.74, 6) is -0.0559. The van der Waals surface area contributed by atoms with E-state index in [1.54, 1.807) is 13.0 Å². The van der Waals surface area contributed by atoms with Gasteiger partial charge in [0.2, 0.25) is 0 Å². The monoisotopic (exact) mass is 263 g/mol. The molecule has 0 aliphatic carbocycles. The van der Waals surface area contributed by atoms with Gasteiger partial charge in [-0.15, -0.1) is 0 Å². The number of nitrogens with one attached hydrogen (secondary N) is 1. The van der Waals surface area contributed by atoms with E-state index in [9.17, 15) is 13.2 Å². The van der Waals surface area contributed by atoms with Crippen molar-refractivity contribution in [2.45, 2.75) is 20.3 Å². The maximum atomic E-state index is 11.2. The van der Waals surface area contributed by atoms with Crippen LogP contribution < -0.4 is 5.32 Å². The standard InChI is InChI=1S/C11H21NO4S/c1-4-10(11(13)16-3)6-7-12-8-9-17(14,15)5-2/h6,12H,4-5,7-9H2,1-3H3. The van der Waals surface area contributed by atoms with Crippen LogP contribution in [0.5, 0.6) is 0 Å². The Bertz CT molecular complexity index is 360. The van der Waals surface area contributed by atoms with E-state index in [1.807, 2.05) is 6.92 Å². The van der Waals surface area contributed by atoms with Gasteiger partial charge >= 0.3 is 5.97 Å². The van der Waals surface area contributed by atoms with Crippen LogP contribution in [0.2, 0.25) is 0 Å². The molecule has 5 nitrogen and oxygen atoms in total. The maximum Gasteiger partial charge on any atom is 0.333 e. The molecule has 0 amide bonds. The number of hydrogen-bond donors (Lipinski definition) is 1. The Morgan fingerprint density at radius 2 is 2.00 bits per heavy atom. The highest BCUT2D eigenvalue weighted by atomic mass is 32.2. The van der Waals surface area contributed by atoms with Gasteiger partial charge in [-0.05, 0) is 6.42 Å². The number of carbonyl (C=O) groups excluding carboxylic acids is 1. The van der Waals surface area contributed by atoms with Crippen LogP contribution in [-0.4, -0.2) is 46.1 Å². The molecule has 0 unspecified atom stereocenters. The quantitative estimate of drug-likeness (QED) is 0.393. The molecule has 0 aromatic heterocycles. The predicted molar refractivity (Wildman–Crippen MR) is 67.6 cm³/mol. The number of carbonyl (C=O) groups is 1. The van der Waals surface area contributed by atoms with Crippen LogP contribution in [0.15, 0.2) is 11.6 Å². The molecule has 0 aromatic rings. The molecule has 1 N–H and O–H groups in total. The van der Waals surface area contributed by atoms with Crippen LogP contribution in [0, 0.1) is 0 Å². The summed E-state index contributed by atoms with van der Waals surface area (Å²) in [6.45, 7) is 4.36. The van der Waals surface area contributed by atoms with Crippen LogP contribution in [0.4, 0.5) is 0 Å². The predicted octanol–water partition coefficient (Wildman–Crippen LogP) is 0.520. The van der Waals surface area contributed by atoms with Crippen molar-refractivity contribution in [1.29, 1.82) is 0 Å². The average Bonchev–Trinajstić information content (AvgIpc) is 2.32. The summed E-state index contributed by atoms with van der Waals surface area (Å²) in [5, 5.41) is 2.96. The molecular formula is C11H21NO4S. The molecule has 0 rings (SSSR count). The first kappa shape index (κ1) is 16.1. The van der Waals surface area contributed by atoms with Crippen LogP contribution in [-0.2, 0) is 19.4 Å². The number of esters is 1. The number of hydrogen-bond acceptors (Lipinski definition) is 5. The number of rotatable bonds is 8. The Morgan fingerprint density at radius 1 is 1.35 bits per heavy atom. The summed E-state index contributed by atoms with van der Waals surface area (Å²) in [5.41, 5.74) is 0.596. The lowest BCUT2D eigenvalue weighted by Gasteiger charge is -2.04. The number of sulfone groups is 1. The Balaban J connectivity index is 3.98. The van der Waals surface area contributed by atoms with E-state index in [2.05, 4.69) is 10.1 Å². The molecule has 0 aliphatic rings. The van der Waals surface area contributed by atoms with Gasteiger partial charge in [0.25, 0.3) is 0 Å². The summed E-state index contributed by atoms with van der Waals surface area (Å²) in [4.78, 5) is 11.2. The zero-order valence-electron chi connectivity index (χ0n) is 10.7. The lowest BCUT2D eigenvalue weighted by molar-refractivity contribution is -0.136. The molecule has 17 heavy (non-hydrogen) atoms. The first-order valence-corrected chi connectivity index (χ1v) is 7.47. The summed E-state index contributed by atoms with van der Waals surface area (Å²) in [6, 6.07) is 0. The third kappa shape index (κ3) is 7.12. The molecule has 100 valence electrons. The van der Waals surface area contributed by atoms with Gasteiger partial charge in [-0.25, -0.2) is 13.2 Å². The van der Waals surface area contributed by atoms with Gasteiger partial charge in [-0.3, -0.25) is 0 Å². The van der Waals surface area contributed by atoms with Crippen LogP contribution in [0.25, 0.3) is 0 Å². The highest BCUT2D eigenvalue weighted by Gasteiger charge is 2.07. The Morgan fingerprint density at radius 3 is 2.47 bits per heavy atom. The van der Waals surface area contributed by atoms with Crippen molar-refractivity contribution in [2.75, 3.05) is 31.7 Å². The lowest BCUT2D eigenvalue weighted by atomic mass is 10.2. The highest BCUT2D eigenvalue weighted by molar-refractivity contribution is 7.91. The van der Waals surface area contributed by atoms with E-state index in [0.29, 0.717) is 25.1 Å². The largest absolute Gasteiger partial charge is 0.466 e. The van der Waals surface area contributed by atoms with Gasteiger partial charge in [0.1, 0.15) is 0 Å². The van der Waals surface area contributed by atoms with E-state index in [1.165, 1.54) is 7.11 Å². The fourth-order valence-corrected chi connectivity index (χ4v) is 1.92. The molecular weight excluding hydrogens is 242 g/mol. The van der Waals surface area contributed by atoms with Gasteiger partial charge < -0.3 is 10.1 Å². The second-order valence-electron chi connectivity index (χ2n) is 3.51. The van der Waals surface area contributed by atoms with Crippen molar-refractivity contribution < 1.29 is 17.9 Å². The second kappa shape index (κ2) is 8.25. The number of ether oxygens (including phenoxy) is 1. The third-order valence-electron chi connectivity index (χ3n) is 2.35. The van der Waals surface area contributed by atoms with Gasteiger partial charge in [-0.2, -0.15) is 0 Å². The summed E-state index contributed by atoms with van der Waals surface area (Å²) >= 11 is 0. The molecule has 0 bridgehead atoms. The van der Waals surface area contributed by atoms with Gasteiger partial charge in [0.15, 0.2) is 9.84 Å². The minimum absolute atomic E-state index is 0.122. The van der Waals surface area contributed by atoms with Crippen molar-refractivity contribution in [1.82, 2.24) is 5.32 Å². The smallest absolute Gasteiger partial charge is 0.333 e. The summed E-state index contributed by atoms with van der Waals surface area (Å²) in [6.07, 6.45) is 2.33.